The smallest absolute Gasteiger partial charge is 0.342 e. The highest BCUT2D eigenvalue weighted by Gasteiger charge is 2.48. The van der Waals surface area contributed by atoms with Gasteiger partial charge < -0.3 is 29.0 Å². The Labute approximate surface area is 215 Å². The summed E-state index contributed by atoms with van der Waals surface area (Å²) in [5, 5.41) is 12.0. The van der Waals surface area contributed by atoms with E-state index < -0.39 is 11.8 Å². The quantitative estimate of drug-likeness (QED) is 0.408. The standard InChI is InChI=1S/C27H21N3O6S/c1-30-8-9-33-22-6-2-15(11-21(22)30)10-18-25(16-3-5-19-20(12-16)29-37-28-19)26(31)36-27(18,32)17-4-7-23-24(13-17)35-14-34-23/h2-7,11-13,32H,8-10,14H2,1H3. The topological polar surface area (TPSA) is 103 Å². The Balaban J connectivity index is 1.39. The Morgan fingerprint density at radius 3 is 2.73 bits per heavy atom. The van der Waals surface area contributed by atoms with E-state index in [-0.39, 0.29) is 13.2 Å². The number of hydrogen-bond acceptors (Lipinski definition) is 10. The average molecular weight is 516 g/mol. The summed E-state index contributed by atoms with van der Waals surface area (Å²) in [6.45, 7) is 1.49. The van der Waals surface area contributed by atoms with Gasteiger partial charge in [0.05, 0.1) is 29.5 Å². The van der Waals surface area contributed by atoms with Gasteiger partial charge in [0, 0.05) is 24.6 Å². The molecule has 37 heavy (non-hydrogen) atoms. The first-order valence-corrected chi connectivity index (χ1v) is 12.5. The van der Waals surface area contributed by atoms with Gasteiger partial charge in [-0.3, -0.25) is 0 Å². The second-order valence-electron chi connectivity index (χ2n) is 9.17. The van der Waals surface area contributed by atoms with Crippen LogP contribution in [0.4, 0.5) is 5.69 Å². The fourth-order valence-electron chi connectivity index (χ4n) is 5.03. The number of anilines is 1. The number of nitrogens with zero attached hydrogens (tertiary/aromatic N) is 3. The molecule has 1 aromatic heterocycles. The SMILES string of the molecule is CN1CCOc2ccc(CC3=C(c4ccc5nsnc5c4)C(=O)OC3(O)c3ccc4c(c3)OCO4)cc21. The maximum atomic E-state index is 13.4. The molecule has 0 bridgehead atoms. The molecule has 0 aliphatic carbocycles. The van der Waals surface area contributed by atoms with Crippen molar-refractivity contribution in [2.75, 3.05) is 31.9 Å². The normalized spacial score (nSPS) is 20.3. The van der Waals surface area contributed by atoms with Gasteiger partial charge in [-0.2, -0.15) is 8.75 Å². The van der Waals surface area contributed by atoms with Gasteiger partial charge in [0.25, 0.3) is 5.79 Å². The number of ether oxygens (including phenoxy) is 4. The Kier molecular flexibility index (Phi) is 4.89. The van der Waals surface area contributed by atoms with Crippen molar-refractivity contribution in [3.63, 3.8) is 0 Å². The van der Waals surface area contributed by atoms with Crippen LogP contribution in [0.3, 0.4) is 0 Å². The highest BCUT2D eigenvalue weighted by molar-refractivity contribution is 7.00. The van der Waals surface area contributed by atoms with Crippen LogP contribution in [0.2, 0.25) is 0 Å². The predicted octanol–water partition coefficient (Wildman–Crippen LogP) is 3.65. The highest BCUT2D eigenvalue weighted by Crippen LogP contribution is 2.47. The number of hydrogen-bond donors (Lipinski definition) is 1. The summed E-state index contributed by atoms with van der Waals surface area (Å²) in [7, 11) is 2.01. The molecule has 186 valence electrons. The maximum Gasteiger partial charge on any atom is 0.342 e. The van der Waals surface area contributed by atoms with Gasteiger partial charge in [-0.15, -0.1) is 0 Å². The molecular weight excluding hydrogens is 494 g/mol. The number of aliphatic hydroxyl groups is 1. The maximum absolute atomic E-state index is 13.4. The van der Waals surface area contributed by atoms with Crippen molar-refractivity contribution in [1.29, 1.82) is 0 Å². The first-order valence-electron chi connectivity index (χ1n) is 11.8. The van der Waals surface area contributed by atoms with E-state index in [9.17, 15) is 9.90 Å². The van der Waals surface area contributed by atoms with Crippen LogP contribution in [0.15, 0.2) is 60.2 Å². The van der Waals surface area contributed by atoms with E-state index in [1.165, 1.54) is 0 Å². The fourth-order valence-corrected chi connectivity index (χ4v) is 5.55. The lowest BCUT2D eigenvalue weighted by molar-refractivity contribution is -0.185. The van der Waals surface area contributed by atoms with Crippen molar-refractivity contribution in [1.82, 2.24) is 8.75 Å². The summed E-state index contributed by atoms with van der Waals surface area (Å²) < 4.78 is 31.1. The number of carbonyl (C=O) groups is 1. The molecule has 1 N–H and O–H groups in total. The van der Waals surface area contributed by atoms with Crippen LogP contribution in [0.25, 0.3) is 16.6 Å². The minimum atomic E-state index is -2.00. The Bertz CT molecular complexity index is 1610. The molecule has 10 heteroatoms. The molecule has 0 saturated heterocycles. The van der Waals surface area contributed by atoms with Gasteiger partial charge in [-0.05, 0) is 53.6 Å². The molecule has 4 aromatic rings. The molecule has 9 nitrogen and oxygen atoms in total. The monoisotopic (exact) mass is 515 g/mol. The molecule has 0 radical (unpaired) electrons. The van der Waals surface area contributed by atoms with Gasteiger partial charge in [0.15, 0.2) is 11.5 Å². The molecule has 0 spiro atoms. The van der Waals surface area contributed by atoms with Crippen molar-refractivity contribution in [3.8, 4) is 17.2 Å². The summed E-state index contributed by atoms with van der Waals surface area (Å²) in [5.41, 5.74) is 4.99. The molecule has 3 aliphatic heterocycles. The summed E-state index contributed by atoms with van der Waals surface area (Å²) in [4.78, 5) is 15.5. The van der Waals surface area contributed by atoms with Crippen LogP contribution in [0.5, 0.6) is 17.2 Å². The van der Waals surface area contributed by atoms with Crippen molar-refractivity contribution < 1.29 is 28.8 Å². The van der Waals surface area contributed by atoms with Gasteiger partial charge in [-0.1, -0.05) is 12.1 Å². The van der Waals surface area contributed by atoms with Crippen LogP contribution in [-0.2, 0) is 21.7 Å². The third-order valence-electron chi connectivity index (χ3n) is 6.96. The summed E-state index contributed by atoms with van der Waals surface area (Å²) in [5.74, 6) is -0.755. The van der Waals surface area contributed by atoms with E-state index in [4.69, 9.17) is 18.9 Å². The third-order valence-corrected chi connectivity index (χ3v) is 7.52. The van der Waals surface area contributed by atoms with Crippen LogP contribution < -0.4 is 19.1 Å². The number of cyclic esters (lactones) is 1. The molecule has 0 fully saturated rings. The zero-order valence-corrected chi connectivity index (χ0v) is 20.6. The van der Waals surface area contributed by atoms with Crippen molar-refractivity contribution in [2.24, 2.45) is 0 Å². The van der Waals surface area contributed by atoms with E-state index in [2.05, 4.69) is 13.6 Å². The van der Waals surface area contributed by atoms with Gasteiger partial charge in [0.1, 0.15) is 23.4 Å². The zero-order valence-electron chi connectivity index (χ0n) is 19.8. The van der Waals surface area contributed by atoms with E-state index in [0.29, 0.717) is 45.9 Å². The van der Waals surface area contributed by atoms with E-state index in [0.717, 1.165) is 40.8 Å². The van der Waals surface area contributed by atoms with Crippen molar-refractivity contribution in [2.45, 2.75) is 12.2 Å². The van der Waals surface area contributed by atoms with E-state index in [1.807, 2.05) is 31.3 Å². The van der Waals surface area contributed by atoms with Crippen LogP contribution in [-0.4, -0.2) is 46.8 Å². The minimum Gasteiger partial charge on any atom is -0.490 e. The number of rotatable bonds is 4. The number of esters is 1. The second kappa shape index (κ2) is 8.19. The molecule has 0 amide bonds. The molecule has 4 heterocycles. The molecule has 3 aliphatic rings. The Morgan fingerprint density at radius 1 is 0.973 bits per heavy atom. The molecule has 1 unspecified atom stereocenters. The van der Waals surface area contributed by atoms with Gasteiger partial charge in [0.2, 0.25) is 6.79 Å². The first kappa shape index (κ1) is 22.1. The summed E-state index contributed by atoms with van der Waals surface area (Å²) >= 11 is 1.11. The van der Waals surface area contributed by atoms with Crippen LogP contribution >= 0.6 is 11.7 Å². The lowest BCUT2D eigenvalue weighted by Gasteiger charge is -2.29. The zero-order chi connectivity index (χ0) is 25.1. The Morgan fingerprint density at radius 2 is 1.81 bits per heavy atom. The lowest BCUT2D eigenvalue weighted by Crippen LogP contribution is -2.30. The third kappa shape index (κ3) is 3.52. The second-order valence-corrected chi connectivity index (χ2v) is 9.70. The van der Waals surface area contributed by atoms with Crippen molar-refractivity contribution >= 4 is 40.0 Å². The lowest BCUT2D eigenvalue weighted by atomic mass is 9.87. The predicted molar refractivity (Wildman–Crippen MR) is 136 cm³/mol. The van der Waals surface area contributed by atoms with Gasteiger partial charge >= 0.3 is 5.97 Å². The minimum absolute atomic E-state index is 0.0946. The molecule has 3 aromatic carbocycles. The van der Waals surface area contributed by atoms with E-state index >= 15 is 0 Å². The number of likely N-dealkylation sites (N-methyl/N-ethyl adjacent to an activating group) is 1. The number of benzene rings is 3. The number of fused-ring (bicyclic) bond motifs is 3. The number of aromatic nitrogens is 2. The molecule has 1 atom stereocenters. The van der Waals surface area contributed by atoms with E-state index in [1.54, 1.807) is 30.3 Å². The average Bonchev–Trinajstić information content (AvgIpc) is 3.62. The van der Waals surface area contributed by atoms with Crippen LogP contribution in [0.1, 0.15) is 16.7 Å². The van der Waals surface area contributed by atoms with Gasteiger partial charge in [-0.25, -0.2) is 4.79 Å². The summed E-state index contributed by atoms with van der Waals surface area (Å²) in [6.07, 6.45) is 0.264. The Hall–Kier alpha value is -4.15. The van der Waals surface area contributed by atoms with Crippen LogP contribution in [0, 0.1) is 0 Å². The summed E-state index contributed by atoms with van der Waals surface area (Å²) in [6, 6.07) is 16.4. The molecule has 0 saturated carbocycles. The highest BCUT2D eigenvalue weighted by atomic mass is 32.1. The van der Waals surface area contributed by atoms with Crippen molar-refractivity contribution in [3.05, 3.63) is 76.9 Å². The number of carbonyl (C=O) groups excluding carboxylic acids is 1. The molecular formula is C27H21N3O6S. The first-order chi connectivity index (χ1) is 18.0. The molecule has 7 rings (SSSR count). The largest absolute Gasteiger partial charge is 0.490 e. The fraction of sp³-hybridized carbons (Fsp3) is 0.222.